The summed E-state index contributed by atoms with van der Waals surface area (Å²) in [6, 6.07) is 0. The lowest BCUT2D eigenvalue weighted by molar-refractivity contribution is -0.146. The first kappa shape index (κ1) is 42.9. The molecule has 0 atom stereocenters. The Morgan fingerprint density at radius 3 is 0.727 bits per heavy atom. The summed E-state index contributed by atoms with van der Waals surface area (Å²) in [6.45, 7) is 5.44. The fourth-order valence-corrected chi connectivity index (χ4v) is 6.00. The van der Waals surface area contributed by atoms with Crippen LogP contribution in [-0.4, -0.2) is 25.2 Å². The molecule has 0 saturated carbocycles. The Bertz CT molecular complexity index is 526. The van der Waals surface area contributed by atoms with E-state index in [4.69, 9.17) is 9.47 Å². The molecule has 0 heterocycles. The van der Waals surface area contributed by atoms with Gasteiger partial charge in [0, 0.05) is 12.8 Å². The van der Waals surface area contributed by atoms with Crippen LogP contribution < -0.4 is 0 Å². The molecule has 0 N–H and O–H groups in total. The van der Waals surface area contributed by atoms with Gasteiger partial charge in [-0.3, -0.25) is 9.59 Å². The van der Waals surface area contributed by atoms with Gasteiger partial charge in [0.05, 0.1) is 13.2 Å². The van der Waals surface area contributed by atoms with Gasteiger partial charge in [-0.15, -0.1) is 0 Å². The third kappa shape index (κ3) is 37.1. The largest absolute Gasteiger partial charge is 0.466 e. The number of hydrogen-bond acceptors (Lipinski definition) is 4. The average molecular weight is 623 g/mol. The van der Waals surface area contributed by atoms with Gasteiger partial charge in [-0.2, -0.15) is 0 Å². The average Bonchev–Trinajstić information content (AvgIpc) is 3.02. The lowest BCUT2D eigenvalue weighted by Crippen LogP contribution is -2.08. The maximum atomic E-state index is 11.9. The predicted molar refractivity (Wildman–Crippen MR) is 190 cm³/mol. The SMILES string of the molecule is CCCCCCCCCCCCCCCCCC(=O)OCCCCOC(=O)CCCCCCCCCCCCCCCCC. The van der Waals surface area contributed by atoms with Gasteiger partial charge in [0.1, 0.15) is 0 Å². The maximum absolute atomic E-state index is 11.9. The van der Waals surface area contributed by atoms with Crippen LogP contribution in [0.5, 0.6) is 0 Å². The molecule has 0 spiro atoms. The number of carbonyl (C=O) groups is 2. The molecule has 0 aliphatic heterocycles. The highest BCUT2D eigenvalue weighted by Crippen LogP contribution is 2.15. The van der Waals surface area contributed by atoms with Crippen molar-refractivity contribution in [3.63, 3.8) is 0 Å². The molecular formula is C40H78O4. The van der Waals surface area contributed by atoms with E-state index in [1.54, 1.807) is 0 Å². The van der Waals surface area contributed by atoms with Gasteiger partial charge in [0.15, 0.2) is 0 Å². The molecule has 4 heteroatoms. The first-order chi connectivity index (χ1) is 21.7. The molecule has 0 aliphatic carbocycles. The van der Waals surface area contributed by atoms with Crippen LogP contribution in [0.25, 0.3) is 0 Å². The standard InChI is InChI=1S/C40H78O4/c1-3-5-7-9-11-13-15-17-19-21-23-25-27-29-31-35-39(41)43-37-33-34-38-44-40(42)36-32-30-28-26-24-22-20-18-16-14-12-10-8-6-4-2/h3-38H2,1-2H3. The first-order valence-electron chi connectivity index (χ1n) is 20.0. The highest BCUT2D eigenvalue weighted by molar-refractivity contribution is 5.69. The molecule has 0 bridgehead atoms. The van der Waals surface area contributed by atoms with E-state index >= 15 is 0 Å². The van der Waals surface area contributed by atoms with Gasteiger partial charge < -0.3 is 9.47 Å². The summed E-state index contributed by atoms with van der Waals surface area (Å²) < 4.78 is 10.7. The lowest BCUT2D eigenvalue weighted by atomic mass is 10.0. The number of rotatable bonds is 37. The van der Waals surface area contributed by atoms with Crippen molar-refractivity contribution in [3.8, 4) is 0 Å². The molecule has 0 radical (unpaired) electrons. The summed E-state index contributed by atoms with van der Waals surface area (Å²) in [5.41, 5.74) is 0. The van der Waals surface area contributed by atoms with Crippen molar-refractivity contribution in [2.24, 2.45) is 0 Å². The Balaban J connectivity index is 3.25. The van der Waals surface area contributed by atoms with Gasteiger partial charge in [-0.05, 0) is 25.7 Å². The normalized spacial score (nSPS) is 11.2. The van der Waals surface area contributed by atoms with Crippen molar-refractivity contribution in [1.29, 1.82) is 0 Å². The quantitative estimate of drug-likeness (QED) is 0.0511. The third-order valence-corrected chi connectivity index (χ3v) is 9.03. The van der Waals surface area contributed by atoms with Gasteiger partial charge in [0.2, 0.25) is 0 Å². The van der Waals surface area contributed by atoms with Crippen molar-refractivity contribution in [2.45, 2.75) is 232 Å². The Kier molecular flexibility index (Phi) is 37.2. The topological polar surface area (TPSA) is 52.6 Å². The molecule has 0 rings (SSSR count). The van der Waals surface area contributed by atoms with Crippen LogP contribution in [-0.2, 0) is 19.1 Å². The summed E-state index contributed by atoms with van der Waals surface area (Å²) in [7, 11) is 0. The van der Waals surface area contributed by atoms with Crippen molar-refractivity contribution >= 4 is 11.9 Å². The first-order valence-corrected chi connectivity index (χ1v) is 20.0. The van der Waals surface area contributed by atoms with Gasteiger partial charge in [-0.1, -0.05) is 194 Å². The molecule has 0 aromatic carbocycles. The summed E-state index contributed by atoms with van der Waals surface area (Å²) in [6.07, 6.45) is 42.5. The van der Waals surface area contributed by atoms with E-state index < -0.39 is 0 Å². The van der Waals surface area contributed by atoms with Gasteiger partial charge in [-0.25, -0.2) is 0 Å². The minimum Gasteiger partial charge on any atom is -0.466 e. The summed E-state index contributed by atoms with van der Waals surface area (Å²) in [5, 5.41) is 0. The van der Waals surface area contributed by atoms with Crippen molar-refractivity contribution < 1.29 is 19.1 Å². The molecule has 0 amide bonds. The molecular weight excluding hydrogens is 544 g/mol. The molecule has 0 aliphatic rings. The Morgan fingerprint density at radius 1 is 0.295 bits per heavy atom. The number of carbonyl (C=O) groups excluding carboxylic acids is 2. The second-order valence-corrected chi connectivity index (χ2v) is 13.5. The van der Waals surface area contributed by atoms with Crippen LogP contribution >= 0.6 is 0 Å². The van der Waals surface area contributed by atoms with E-state index in [1.165, 1.54) is 167 Å². The van der Waals surface area contributed by atoms with E-state index in [0.717, 1.165) is 38.5 Å². The number of esters is 2. The molecule has 0 aromatic heterocycles. The molecule has 4 nitrogen and oxygen atoms in total. The zero-order chi connectivity index (χ0) is 32.0. The van der Waals surface area contributed by atoms with Crippen LogP contribution in [0.3, 0.4) is 0 Å². The summed E-state index contributed by atoms with van der Waals surface area (Å²) >= 11 is 0. The monoisotopic (exact) mass is 623 g/mol. The van der Waals surface area contributed by atoms with E-state index in [-0.39, 0.29) is 11.9 Å². The fraction of sp³-hybridized carbons (Fsp3) is 0.950. The van der Waals surface area contributed by atoms with E-state index in [0.29, 0.717) is 26.1 Å². The highest BCUT2D eigenvalue weighted by Gasteiger charge is 2.05. The number of ether oxygens (including phenoxy) is 2. The maximum Gasteiger partial charge on any atom is 0.305 e. The zero-order valence-electron chi connectivity index (χ0n) is 30.1. The fourth-order valence-electron chi connectivity index (χ4n) is 6.00. The van der Waals surface area contributed by atoms with Gasteiger partial charge >= 0.3 is 11.9 Å². The van der Waals surface area contributed by atoms with Gasteiger partial charge in [0.25, 0.3) is 0 Å². The second-order valence-electron chi connectivity index (χ2n) is 13.5. The smallest absolute Gasteiger partial charge is 0.305 e. The van der Waals surface area contributed by atoms with Crippen LogP contribution in [0.1, 0.15) is 232 Å². The molecule has 262 valence electrons. The molecule has 0 fully saturated rings. The van der Waals surface area contributed by atoms with Crippen LogP contribution in [0.2, 0.25) is 0 Å². The Morgan fingerprint density at radius 2 is 0.500 bits per heavy atom. The molecule has 0 saturated heterocycles. The Hall–Kier alpha value is -1.06. The minimum atomic E-state index is -0.0788. The second kappa shape index (κ2) is 38.1. The lowest BCUT2D eigenvalue weighted by Gasteiger charge is -2.07. The van der Waals surface area contributed by atoms with Crippen LogP contribution in [0, 0.1) is 0 Å². The molecule has 0 unspecified atom stereocenters. The molecule has 0 aromatic rings. The number of unbranched alkanes of at least 4 members (excludes halogenated alkanes) is 29. The zero-order valence-corrected chi connectivity index (χ0v) is 30.1. The minimum absolute atomic E-state index is 0.0788. The highest BCUT2D eigenvalue weighted by atomic mass is 16.5. The van der Waals surface area contributed by atoms with Crippen molar-refractivity contribution in [3.05, 3.63) is 0 Å². The van der Waals surface area contributed by atoms with Crippen LogP contribution in [0.15, 0.2) is 0 Å². The van der Waals surface area contributed by atoms with Crippen LogP contribution in [0.4, 0.5) is 0 Å². The van der Waals surface area contributed by atoms with E-state index in [9.17, 15) is 9.59 Å². The predicted octanol–water partition coefficient (Wildman–Crippen LogP) is 13.4. The van der Waals surface area contributed by atoms with E-state index in [2.05, 4.69) is 13.8 Å². The third-order valence-electron chi connectivity index (χ3n) is 9.03. The Labute approximate surface area is 276 Å². The number of hydrogen-bond donors (Lipinski definition) is 0. The summed E-state index contributed by atoms with van der Waals surface area (Å²) in [4.78, 5) is 23.9. The van der Waals surface area contributed by atoms with Crippen molar-refractivity contribution in [1.82, 2.24) is 0 Å². The van der Waals surface area contributed by atoms with Crippen molar-refractivity contribution in [2.75, 3.05) is 13.2 Å². The summed E-state index contributed by atoms with van der Waals surface area (Å²) in [5.74, 6) is -0.158. The van der Waals surface area contributed by atoms with E-state index in [1.807, 2.05) is 0 Å². The molecule has 44 heavy (non-hydrogen) atoms.